The monoisotopic (exact) mass is 343 g/mol. The van der Waals surface area contributed by atoms with Gasteiger partial charge in [0, 0.05) is 13.7 Å². The van der Waals surface area contributed by atoms with Crippen LogP contribution in [0.25, 0.3) is 0 Å². The summed E-state index contributed by atoms with van der Waals surface area (Å²) in [5.74, 6) is -0.404. The molecule has 1 aliphatic heterocycles. The Bertz CT molecular complexity index is 749. The van der Waals surface area contributed by atoms with Crippen molar-refractivity contribution in [3.63, 3.8) is 0 Å². The summed E-state index contributed by atoms with van der Waals surface area (Å²) in [6, 6.07) is 13.7. The third-order valence-corrected chi connectivity index (χ3v) is 4.49. The van der Waals surface area contributed by atoms with Crippen molar-refractivity contribution in [3.05, 3.63) is 71.0 Å². The smallest absolute Gasteiger partial charge is 0.227 e. The summed E-state index contributed by atoms with van der Waals surface area (Å²) in [6.45, 7) is 0.772. The Morgan fingerprint density at radius 1 is 1.24 bits per heavy atom. The molecule has 3 rings (SSSR count). The van der Waals surface area contributed by atoms with E-state index in [2.05, 4.69) is 0 Å². The van der Waals surface area contributed by atoms with Crippen LogP contribution in [-0.4, -0.2) is 35.7 Å². The van der Waals surface area contributed by atoms with Crippen molar-refractivity contribution in [2.24, 2.45) is 0 Å². The van der Waals surface area contributed by atoms with Crippen LogP contribution in [0, 0.1) is 5.82 Å². The standard InChI is InChI=1S/C20H22FNO3/c1-25-13-15-5-2-4-14(8-15)9-20(24)22-12-18(23)11-19(22)16-6-3-7-17(21)10-16/h2-8,10,18-19,23H,9,11-13H2,1H3/t18-,19-/m0/s1. The van der Waals surface area contributed by atoms with E-state index < -0.39 is 6.10 Å². The fourth-order valence-electron chi connectivity index (χ4n) is 3.39. The summed E-state index contributed by atoms with van der Waals surface area (Å²) < 4.78 is 18.7. The van der Waals surface area contributed by atoms with Gasteiger partial charge in [-0.15, -0.1) is 0 Å². The van der Waals surface area contributed by atoms with Crippen LogP contribution < -0.4 is 0 Å². The lowest BCUT2D eigenvalue weighted by Crippen LogP contribution is -2.33. The van der Waals surface area contributed by atoms with Gasteiger partial charge in [-0.3, -0.25) is 4.79 Å². The SMILES string of the molecule is COCc1cccc(CC(=O)N2C[C@@H](O)C[C@H]2c2cccc(F)c2)c1. The minimum atomic E-state index is -0.586. The maximum atomic E-state index is 13.5. The zero-order valence-electron chi connectivity index (χ0n) is 14.2. The first-order valence-electron chi connectivity index (χ1n) is 8.36. The number of carbonyl (C=O) groups excluding carboxylic acids is 1. The molecule has 2 atom stereocenters. The van der Waals surface area contributed by atoms with Gasteiger partial charge < -0.3 is 14.7 Å². The number of aliphatic hydroxyl groups excluding tert-OH is 1. The van der Waals surface area contributed by atoms with Gasteiger partial charge in [-0.2, -0.15) is 0 Å². The number of β-amino-alcohol motifs (C(OH)–C–C–N with tert-alkyl or cyclic N) is 1. The molecule has 0 saturated carbocycles. The first-order valence-corrected chi connectivity index (χ1v) is 8.36. The van der Waals surface area contributed by atoms with Crippen LogP contribution in [0.15, 0.2) is 48.5 Å². The lowest BCUT2D eigenvalue weighted by molar-refractivity contribution is -0.131. The molecule has 132 valence electrons. The third-order valence-electron chi connectivity index (χ3n) is 4.49. The van der Waals surface area contributed by atoms with Gasteiger partial charge in [0.25, 0.3) is 0 Å². The fraction of sp³-hybridized carbons (Fsp3) is 0.350. The lowest BCUT2D eigenvalue weighted by atomic mass is 10.0. The molecule has 4 nitrogen and oxygen atoms in total. The number of amides is 1. The Morgan fingerprint density at radius 3 is 2.76 bits per heavy atom. The van der Waals surface area contributed by atoms with E-state index in [0.29, 0.717) is 13.0 Å². The molecule has 25 heavy (non-hydrogen) atoms. The topological polar surface area (TPSA) is 49.8 Å². The van der Waals surface area contributed by atoms with Crippen LogP contribution >= 0.6 is 0 Å². The van der Waals surface area contributed by atoms with Crippen molar-refractivity contribution in [3.8, 4) is 0 Å². The number of hydrogen-bond acceptors (Lipinski definition) is 3. The minimum absolute atomic E-state index is 0.0691. The second-order valence-corrected chi connectivity index (χ2v) is 6.44. The Hall–Kier alpha value is -2.24. The van der Waals surface area contributed by atoms with Gasteiger partial charge in [-0.25, -0.2) is 4.39 Å². The normalized spacial score (nSPS) is 20.0. The van der Waals surface area contributed by atoms with Gasteiger partial charge in [0.15, 0.2) is 0 Å². The molecular formula is C20H22FNO3. The number of likely N-dealkylation sites (tertiary alicyclic amines) is 1. The van der Waals surface area contributed by atoms with Gasteiger partial charge in [-0.05, 0) is 35.2 Å². The largest absolute Gasteiger partial charge is 0.391 e. The number of ether oxygens (including phenoxy) is 1. The highest BCUT2D eigenvalue weighted by Gasteiger charge is 2.35. The summed E-state index contributed by atoms with van der Waals surface area (Å²) in [7, 11) is 1.63. The van der Waals surface area contributed by atoms with Crippen LogP contribution in [-0.2, 0) is 22.6 Å². The van der Waals surface area contributed by atoms with E-state index in [1.165, 1.54) is 12.1 Å². The minimum Gasteiger partial charge on any atom is -0.391 e. The molecule has 5 heteroatoms. The molecule has 1 fully saturated rings. The molecule has 0 aliphatic carbocycles. The van der Waals surface area contributed by atoms with E-state index in [0.717, 1.165) is 16.7 Å². The average Bonchev–Trinajstić information content (AvgIpc) is 2.98. The Morgan fingerprint density at radius 2 is 2.00 bits per heavy atom. The molecular weight excluding hydrogens is 321 g/mol. The van der Waals surface area contributed by atoms with Crippen molar-refractivity contribution in [2.75, 3.05) is 13.7 Å². The predicted octanol–water partition coefficient (Wildman–Crippen LogP) is 2.85. The molecule has 0 unspecified atom stereocenters. The van der Waals surface area contributed by atoms with Crippen molar-refractivity contribution >= 4 is 5.91 Å². The summed E-state index contributed by atoms with van der Waals surface area (Å²) in [6.07, 6.45) is 0.0895. The summed E-state index contributed by atoms with van der Waals surface area (Å²) in [4.78, 5) is 14.4. The Labute approximate surface area is 146 Å². The average molecular weight is 343 g/mol. The van der Waals surface area contributed by atoms with Gasteiger partial charge in [0.05, 0.1) is 25.2 Å². The zero-order chi connectivity index (χ0) is 17.8. The van der Waals surface area contributed by atoms with Gasteiger partial charge >= 0.3 is 0 Å². The molecule has 1 amide bonds. The van der Waals surface area contributed by atoms with Crippen LogP contribution in [0.5, 0.6) is 0 Å². The molecule has 0 aromatic heterocycles. The predicted molar refractivity (Wildman–Crippen MR) is 92.3 cm³/mol. The first kappa shape index (κ1) is 17.6. The van der Waals surface area contributed by atoms with Crippen LogP contribution in [0.4, 0.5) is 4.39 Å². The second-order valence-electron chi connectivity index (χ2n) is 6.44. The number of aliphatic hydroxyl groups is 1. The summed E-state index contributed by atoms with van der Waals surface area (Å²) in [5.41, 5.74) is 2.63. The van der Waals surface area contributed by atoms with Crippen molar-refractivity contribution in [1.29, 1.82) is 0 Å². The van der Waals surface area contributed by atoms with E-state index in [-0.39, 0.29) is 30.7 Å². The molecule has 2 aromatic carbocycles. The molecule has 1 N–H and O–H groups in total. The number of methoxy groups -OCH3 is 1. The first-order chi connectivity index (χ1) is 12.1. The van der Waals surface area contributed by atoms with E-state index >= 15 is 0 Å². The maximum absolute atomic E-state index is 13.5. The number of halogens is 1. The summed E-state index contributed by atoms with van der Waals surface area (Å²) >= 11 is 0. The van der Waals surface area contributed by atoms with Crippen LogP contribution in [0.2, 0.25) is 0 Å². The molecule has 1 aliphatic rings. The molecule has 2 aromatic rings. The van der Waals surface area contributed by atoms with Crippen LogP contribution in [0.1, 0.15) is 29.2 Å². The molecule has 1 saturated heterocycles. The highest BCUT2D eigenvalue weighted by Crippen LogP contribution is 2.33. The molecule has 0 spiro atoms. The number of rotatable bonds is 5. The van der Waals surface area contributed by atoms with Crippen molar-refractivity contribution < 1.29 is 19.0 Å². The highest BCUT2D eigenvalue weighted by atomic mass is 19.1. The van der Waals surface area contributed by atoms with E-state index in [4.69, 9.17) is 4.74 Å². The number of nitrogens with zero attached hydrogens (tertiary/aromatic N) is 1. The lowest BCUT2D eigenvalue weighted by Gasteiger charge is -2.25. The van der Waals surface area contributed by atoms with Crippen LogP contribution in [0.3, 0.4) is 0 Å². The quantitative estimate of drug-likeness (QED) is 0.908. The number of benzene rings is 2. The van der Waals surface area contributed by atoms with Gasteiger partial charge in [0.1, 0.15) is 5.82 Å². The molecule has 0 bridgehead atoms. The third kappa shape index (κ3) is 4.24. The maximum Gasteiger partial charge on any atom is 0.227 e. The zero-order valence-corrected chi connectivity index (χ0v) is 14.2. The van der Waals surface area contributed by atoms with E-state index in [1.54, 1.807) is 24.1 Å². The molecule has 0 radical (unpaired) electrons. The van der Waals surface area contributed by atoms with E-state index in [9.17, 15) is 14.3 Å². The van der Waals surface area contributed by atoms with E-state index in [1.807, 2.05) is 24.3 Å². The van der Waals surface area contributed by atoms with Gasteiger partial charge in [0.2, 0.25) is 5.91 Å². The van der Waals surface area contributed by atoms with Gasteiger partial charge in [-0.1, -0.05) is 36.4 Å². The molecule has 1 heterocycles. The van der Waals surface area contributed by atoms with Crippen molar-refractivity contribution in [1.82, 2.24) is 4.90 Å². The number of carbonyl (C=O) groups is 1. The second kappa shape index (κ2) is 7.76. The Balaban J connectivity index is 1.76. The van der Waals surface area contributed by atoms with Crippen molar-refractivity contribution in [2.45, 2.75) is 31.6 Å². The fourth-order valence-corrected chi connectivity index (χ4v) is 3.39. The number of hydrogen-bond donors (Lipinski definition) is 1. The summed E-state index contributed by atoms with van der Waals surface area (Å²) in [5, 5.41) is 10.0. The Kier molecular flexibility index (Phi) is 5.46. The highest BCUT2D eigenvalue weighted by molar-refractivity contribution is 5.79.